The Morgan fingerprint density at radius 3 is 2.45 bits per heavy atom. The lowest BCUT2D eigenvalue weighted by molar-refractivity contribution is -0.137. The number of carbonyl (C=O) groups is 1. The minimum absolute atomic E-state index is 0.0272. The van der Waals surface area contributed by atoms with Crippen molar-refractivity contribution in [3.63, 3.8) is 0 Å². The van der Waals surface area contributed by atoms with Crippen molar-refractivity contribution >= 4 is 37.6 Å². The van der Waals surface area contributed by atoms with Crippen LogP contribution in [0.25, 0.3) is 21.8 Å². The van der Waals surface area contributed by atoms with E-state index < -0.39 is 27.5 Å². The lowest BCUT2D eigenvalue weighted by Gasteiger charge is -2.12. The molecule has 1 amide bonds. The number of alkyl halides is 3. The highest BCUT2D eigenvalue weighted by molar-refractivity contribution is 7.90. The van der Waals surface area contributed by atoms with Crippen molar-refractivity contribution in [2.24, 2.45) is 5.73 Å². The largest absolute Gasteiger partial charge is 0.416 e. The van der Waals surface area contributed by atoms with Crippen molar-refractivity contribution in [1.82, 2.24) is 4.57 Å². The molecule has 9 heteroatoms. The maximum Gasteiger partial charge on any atom is 0.416 e. The van der Waals surface area contributed by atoms with E-state index in [1.54, 1.807) is 34.9 Å². The fourth-order valence-corrected chi connectivity index (χ4v) is 4.70. The van der Waals surface area contributed by atoms with E-state index in [-0.39, 0.29) is 22.5 Å². The number of hydrogen-bond acceptors (Lipinski definition) is 3. The molecule has 4 aromatic rings. The van der Waals surface area contributed by atoms with E-state index in [0.717, 1.165) is 18.4 Å². The van der Waals surface area contributed by atoms with Gasteiger partial charge in [-0.15, -0.1) is 0 Å². The molecule has 0 unspecified atom stereocenters. The van der Waals surface area contributed by atoms with Gasteiger partial charge in [0.1, 0.15) is 0 Å². The highest BCUT2D eigenvalue weighted by Gasteiger charge is 2.31. The number of nitrogens with two attached hydrogens (primary N) is 1. The average Bonchev–Trinajstić information content (AvgIpc) is 3.00. The second-order valence-electron chi connectivity index (χ2n) is 7.18. The van der Waals surface area contributed by atoms with Crippen molar-refractivity contribution in [2.45, 2.75) is 17.6 Å². The summed E-state index contributed by atoms with van der Waals surface area (Å²) in [5.74, 6) is -0.727. The normalized spacial score (nSPS) is 12.5. The lowest BCUT2D eigenvalue weighted by atomic mass is 10.0. The minimum Gasteiger partial charge on any atom is -0.366 e. The Balaban J connectivity index is 2.08. The van der Waals surface area contributed by atoms with E-state index in [0.29, 0.717) is 21.9 Å². The number of aromatic nitrogens is 1. The van der Waals surface area contributed by atoms with E-state index in [4.69, 9.17) is 5.73 Å². The van der Waals surface area contributed by atoms with E-state index in [9.17, 15) is 26.4 Å². The van der Waals surface area contributed by atoms with Crippen LogP contribution in [0.3, 0.4) is 0 Å². The number of fused-ring (bicyclic) bond motifs is 3. The van der Waals surface area contributed by atoms with Gasteiger partial charge < -0.3 is 10.3 Å². The van der Waals surface area contributed by atoms with Gasteiger partial charge >= 0.3 is 6.18 Å². The molecular weight excluding hydrogens is 429 g/mol. The number of sulfone groups is 1. The summed E-state index contributed by atoms with van der Waals surface area (Å²) in [5.41, 5.74) is 5.76. The summed E-state index contributed by atoms with van der Waals surface area (Å²) in [6, 6.07) is 15.4. The Kier molecular flexibility index (Phi) is 4.81. The van der Waals surface area contributed by atoms with Gasteiger partial charge in [0.05, 0.1) is 21.5 Å². The summed E-state index contributed by atoms with van der Waals surface area (Å²) >= 11 is 0. The first-order valence-corrected chi connectivity index (χ1v) is 11.0. The number of benzene rings is 3. The molecule has 0 bridgehead atoms. The van der Waals surface area contributed by atoms with Gasteiger partial charge in [-0.2, -0.15) is 13.2 Å². The predicted octanol–water partition coefficient (Wildman–Crippen LogP) is 4.16. The first-order chi connectivity index (χ1) is 14.5. The highest BCUT2D eigenvalue weighted by atomic mass is 32.2. The van der Waals surface area contributed by atoms with Crippen molar-refractivity contribution in [2.75, 3.05) is 6.26 Å². The number of nitrogens with zero attached hydrogens (tertiary/aromatic N) is 1. The molecule has 0 fully saturated rings. The molecule has 159 valence electrons. The van der Waals surface area contributed by atoms with Crippen LogP contribution in [-0.4, -0.2) is 25.1 Å². The molecule has 0 aliphatic carbocycles. The summed E-state index contributed by atoms with van der Waals surface area (Å²) in [4.78, 5) is 12.1. The topological polar surface area (TPSA) is 82.2 Å². The molecule has 1 aromatic heterocycles. The average molecular weight is 445 g/mol. The standard InChI is InChI=1S/C22H16F3N2O3S/c1-31(29,30)19-8-3-2-5-13(19)12-27-17-7-4-6-16(21(26)28)20(17)15-10-9-14(11-18(15)27)22(23,24)25/h2-9,11H,12H2,1H3,(H2,26,28). The second-order valence-corrected chi connectivity index (χ2v) is 9.16. The highest BCUT2D eigenvalue weighted by Crippen LogP contribution is 2.37. The lowest BCUT2D eigenvalue weighted by Crippen LogP contribution is -2.11. The molecule has 2 N–H and O–H groups in total. The molecule has 0 atom stereocenters. The smallest absolute Gasteiger partial charge is 0.366 e. The zero-order chi connectivity index (χ0) is 22.6. The van der Waals surface area contributed by atoms with Gasteiger partial charge in [0, 0.05) is 29.1 Å². The van der Waals surface area contributed by atoms with Crippen LogP contribution in [0.15, 0.2) is 59.5 Å². The molecule has 0 aliphatic heterocycles. The van der Waals surface area contributed by atoms with Crippen molar-refractivity contribution in [1.29, 1.82) is 0 Å². The molecule has 0 saturated carbocycles. The van der Waals surface area contributed by atoms with Crippen molar-refractivity contribution < 1.29 is 26.4 Å². The molecule has 31 heavy (non-hydrogen) atoms. The van der Waals surface area contributed by atoms with Crippen LogP contribution < -0.4 is 5.73 Å². The van der Waals surface area contributed by atoms with E-state index in [1.165, 1.54) is 12.1 Å². The predicted molar refractivity (Wildman–Crippen MR) is 110 cm³/mol. The van der Waals surface area contributed by atoms with Crippen LogP contribution in [0.5, 0.6) is 0 Å². The Bertz CT molecular complexity index is 1450. The molecule has 5 nitrogen and oxygen atoms in total. The monoisotopic (exact) mass is 445 g/mol. The number of carbonyl (C=O) groups excluding carboxylic acids is 1. The van der Waals surface area contributed by atoms with Gasteiger partial charge in [0.25, 0.3) is 0 Å². The molecular formula is C22H16F3N2O3S. The third-order valence-electron chi connectivity index (χ3n) is 5.09. The van der Waals surface area contributed by atoms with Crippen LogP contribution >= 0.6 is 0 Å². The van der Waals surface area contributed by atoms with Crippen LogP contribution in [0.1, 0.15) is 21.5 Å². The molecule has 0 aliphatic rings. The maximum atomic E-state index is 13.4. The fraction of sp³-hybridized carbons (Fsp3) is 0.136. The summed E-state index contributed by atoms with van der Waals surface area (Å²) < 4.78 is 66.1. The van der Waals surface area contributed by atoms with E-state index >= 15 is 0 Å². The number of primary amides is 1. The van der Waals surface area contributed by atoms with Gasteiger partial charge in [0.2, 0.25) is 5.91 Å². The zero-order valence-corrected chi connectivity index (χ0v) is 17.0. The Morgan fingerprint density at radius 2 is 1.81 bits per heavy atom. The Labute approximate surface area is 175 Å². The first-order valence-electron chi connectivity index (χ1n) is 9.10. The number of rotatable bonds is 4. The van der Waals surface area contributed by atoms with Gasteiger partial charge in [-0.1, -0.05) is 24.3 Å². The number of amides is 1. The summed E-state index contributed by atoms with van der Waals surface area (Å²) in [5, 5.41) is 0.671. The quantitative estimate of drug-likeness (QED) is 0.512. The van der Waals surface area contributed by atoms with Gasteiger partial charge in [0.15, 0.2) is 9.84 Å². The Hall–Kier alpha value is -3.33. The second kappa shape index (κ2) is 7.12. The zero-order valence-electron chi connectivity index (χ0n) is 16.2. The molecule has 0 spiro atoms. The first kappa shape index (κ1) is 20.9. The molecule has 4 rings (SSSR count). The van der Waals surface area contributed by atoms with Gasteiger partial charge in [-0.05, 0) is 42.0 Å². The Morgan fingerprint density at radius 1 is 1.10 bits per heavy atom. The number of halogens is 3. The SMILES string of the molecule is CS(=O)(=O)c1ccccc1Cn1c2cc(C(F)(F)F)c[c]c2c2c(C(N)=O)cccc21. The van der Waals surface area contributed by atoms with E-state index in [1.807, 2.05) is 0 Å². The van der Waals surface area contributed by atoms with Crippen LogP contribution in [0.2, 0.25) is 0 Å². The summed E-state index contributed by atoms with van der Waals surface area (Å²) in [6.07, 6.45) is -3.53. The van der Waals surface area contributed by atoms with Crippen molar-refractivity contribution in [3.05, 3.63) is 77.4 Å². The molecule has 0 saturated heterocycles. The molecule has 1 radical (unpaired) electrons. The third-order valence-corrected chi connectivity index (χ3v) is 6.28. The number of hydrogen-bond donors (Lipinski definition) is 1. The minimum atomic E-state index is -4.59. The van der Waals surface area contributed by atoms with Gasteiger partial charge in [-0.25, -0.2) is 8.42 Å². The van der Waals surface area contributed by atoms with Crippen LogP contribution in [-0.2, 0) is 22.6 Å². The fourth-order valence-electron chi connectivity index (χ4n) is 3.76. The van der Waals surface area contributed by atoms with Crippen LogP contribution in [0, 0.1) is 6.07 Å². The van der Waals surface area contributed by atoms with Gasteiger partial charge in [-0.3, -0.25) is 4.79 Å². The molecule has 3 aromatic carbocycles. The molecule has 1 heterocycles. The van der Waals surface area contributed by atoms with Crippen molar-refractivity contribution in [3.8, 4) is 0 Å². The summed E-state index contributed by atoms with van der Waals surface area (Å²) in [6.45, 7) is -0.0272. The van der Waals surface area contributed by atoms with Crippen LogP contribution in [0.4, 0.5) is 13.2 Å². The third kappa shape index (κ3) is 3.65. The maximum absolute atomic E-state index is 13.4. The summed E-state index contributed by atoms with van der Waals surface area (Å²) in [7, 11) is -3.57. The van der Waals surface area contributed by atoms with E-state index in [2.05, 4.69) is 6.07 Å².